The van der Waals surface area contributed by atoms with Gasteiger partial charge in [0.15, 0.2) is 0 Å². The third-order valence-corrected chi connectivity index (χ3v) is 11.0. The van der Waals surface area contributed by atoms with Crippen LogP contribution in [0, 0.1) is 5.92 Å². The van der Waals surface area contributed by atoms with Gasteiger partial charge in [-0.25, -0.2) is 0 Å². The zero-order valence-corrected chi connectivity index (χ0v) is 30.8. The van der Waals surface area contributed by atoms with Crippen molar-refractivity contribution in [3.63, 3.8) is 0 Å². The molecule has 2 N–H and O–H groups in total. The first-order valence-corrected chi connectivity index (χ1v) is 19.2. The average molecular weight is 726 g/mol. The van der Waals surface area contributed by atoms with Gasteiger partial charge in [-0.15, -0.1) is 0 Å². The Balaban J connectivity index is 0.865. The summed E-state index contributed by atoms with van der Waals surface area (Å²) in [5.41, 5.74) is 7.41. The smallest absolute Gasteiger partial charge is 0.262 e. The second-order valence-corrected chi connectivity index (χ2v) is 14.5. The number of piperidine rings is 1. The largest absolute Gasteiger partial charge is 0.508 e. The van der Waals surface area contributed by atoms with Crippen molar-refractivity contribution in [3.8, 4) is 11.5 Å². The minimum absolute atomic E-state index is 0.107. The standard InChI is InChI=1S/C45H47N3O6/c1-2-37(32-10-4-3-5-11-32)42(33-13-17-35(49)18-14-33)34-15-19-36(20-16-34)54-27-26-47-25-24-31(29-47)9-7-6-8-30-12-21-38-39(28-30)45(53)48(44(38)52)40-22-23-41(50)46-43(40)51/h3-5,10-21,28,31,40,49H,2,6-9,22-27,29H2,1H3,(H,46,50,51)/b42-37-. The number of carbonyl (C=O) groups excluding carboxylic acids is 4. The molecule has 2 unspecified atom stereocenters. The quantitative estimate of drug-likeness (QED) is 0.0798. The first kappa shape index (κ1) is 36.8. The van der Waals surface area contributed by atoms with Gasteiger partial charge < -0.3 is 9.84 Å². The predicted molar refractivity (Wildman–Crippen MR) is 208 cm³/mol. The van der Waals surface area contributed by atoms with E-state index in [1.807, 2.05) is 36.4 Å². The van der Waals surface area contributed by atoms with Gasteiger partial charge in [0.25, 0.3) is 11.8 Å². The van der Waals surface area contributed by atoms with Crippen LogP contribution in [0.5, 0.6) is 11.5 Å². The van der Waals surface area contributed by atoms with Crippen molar-refractivity contribution in [1.29, 1.82) is 0 Å². The van der Waals surface area contributed by atoms with Crippen molar-refractivity contribution in [2.75, 3.05) is 26.2 Å². The number of fused-ring (bicyclic) bond motifs is 1. The maximum atomic E-state index is 13.2. The second-order valence-electron chi connectivity index (χ2n) is 14.5. The van der Waals surface area contributed by atoms with Crippen molar-refractivity contribution in [2.45, 2.75) is 64.3 Å². The van der Waals surface area contributed by atoms with Crippen LogP contribution in [0.2, 0.25) is 0 Å². The molecule has 9 nitrogen and oxygen atoms in total. The van der Waals surface area contributed by atoms with Gasteiger partial charge in [-0.1, -0.05) is 74.0 Å². The monoisotopic (exact) mass is 725 g/mol. The summed E-state index contributed by atoms with van der Waals surface area (Å²) in [6.45, 7) is 5.81. The number of likely N-dealkylation sites (tertiary alicyclic amines) is 1. The minimum atomic E-state index is -0.948. The number of aryl methyl sites for hydroxylation is 1. The molecule has 0 spiro atoms. The predicted octanol–water partition coefficient (Wildman–Crippen LogP) is 7.28. The van der Waals surface area contributed by atoms with Crippen LogP contribution in [0.3, 0.4) is 0 Å². The molecule has 3 aliphatic rings. The highest BCUT2D eigenvalue weighted by Gasteiger charge is 2.44. The fourth-order valence-corrected chi connectivity index (χ4v) is 8.11. The van der Waals surface area contributed by atoms with Crippen LogP contribution in [-0.4, -0.2) is 70.8 Å². The highest BCUT2D eigenvalue weighted by Crippen LogP contribution is 2.36. The molecule has 0 radical (unpaired) electrons. The number of hydrogen-bond acceptors (Lipinski definition) is 7. The number of amides is 4. The van der Waals surface area contributed by atoms with Crippen molar-refractivity contribution < 1.29 is 29.0 Å². The lowest BCUT2D eigenvalue weighted by Crippen LogP contribution is -2.54. The Labute approximate surface area is 316 Å². The minimum Gasteiger partial charge on any atom is -0.508 e. The molecular weight excluding hydrogens is 679 g/mol. The molecule has 7 rings (SSSR count). The number of carbonyl (C=O) groups is 4. The highest BCUT2D eigenvalue weighted by atomic mass is 16.5. The lowest BCUT2D eigenvalue weighted by Gasteiger charge is -2.27. The van der Waals surface area contributed by atoms with E-state index >= 15 is 0 Å². The van der Waals surface area contributed by atoms with Crippen LogP contribution in [0.1, 0.15) is 94.8 Å². The number of phenolic OH excluding ortho intramolecular Hbond substituents is 1. The lowest BCUT2D eigenvalue weighted by molar-refractivity contribution is -0.136. The first-order chi connectivity index (χ1) is 26.3. The summed E-state index contributed by atoms with van der Waals surface area (Å²) in [5.74, 6) is -0.162. The van der Waals surface area contributed by atoms with Gasteiger partial charge in [0, 0.05) is 19.5 Å². The summed E-state index contributed by atoms with van der Waals surface area (Å²) in [5, 5.41) is 12.2. The molecule has 2 fully saturated rings. The fraction of sp³-hybridized carbons (Fsp3) is 0.333. The van der Waals surface area contributed by atoms with E-state index in [0.29, 0.717) is 23.7 Å². The van der Waals surface area contributed by atoms with Gasteiger partial charge >= 0.3 is 0 Å². The van der Waals surface area contributed by atoms with Gasteiger partial charge in [-0.05, 0) is 121 Å². The molecule has 9 heteroatoms. The number of allylic oxidation sites excluding steroid dienone is 1. The molecule has 4 amide bonds. The van der Waals surface area contributed by atoms with Crippen LogP contribution < -0.4 is 10.1 Å². The normalized spacial score (nSPS) is 19.2. The number of hydrogen-bond donors (Lipinski definition) is 2. The SMILES string of the molecule is CC/C(=C(\c1ccc(O)cc1)c1ccc(OCCN2CCC(CCCCc3ccc4c(c3)C(=O)N(C3CCC(=O)NC3=O)C4=O)C2)cc1)c1ccccc1. The topological polar surface area (TPSA) is 116 Å². The van der Waals surface area contributed by atoms with E-state index in [1.54, 1.807) is 24.3 Å². The molecular formula is C45H47N3O6. The number of ether oxygens (including phenoxy) is 1. The second kappa shape index (κ2) is 16.6. The number of rotatable bonds is 14. The van der Waals surface area contributed by atoms with E-state index in [1.165, 1.54) is 17.6 Å². The molecule has 278 valence electrons. The van der Waals surface area contributed by atoms with Crippen LogP contribution in [-0.2, 0) is 16.0 Å². The molecule has 3 aliphatic heterocycles. The van der Waals surface area contributed by atoms with E-state index in [4.69, 9.17) is 4.74 Å². The number of nitrogens with zero attached hydrogens (tertiary/aromatic N) is 2. The number of imide groups is 2. The highest BCUT2D eigenvalue weighted by molar-refractivity contribution is 6.23. The van der Waals surface area contributed by atoms with Crippen molar-refractivity contribution in [3.05, 3.63) is 130 Å². The van der Waals surface area contributed by atoms with E-state index in [2.05, 4.69) is 53.5 Å². The van der Waals surface area contributed by atoms with Crippen LogP contribution in [0.15, 0.2) is 97.1 Å². The van der Waals surface area contributed by atoms with Gasteiger partial charge in [-0.2, -0.15) is 0 Å². The molecule has 0 saturated carbocycles. The molecule has 3 heterocycles. The van der Waals surface area contributed by atoms with Gasteiger partial charge in [0.05, 0.1) is 11.1 Å². The van der Waals surface area contributed by atoms with Gasteiger partial charge in [-0.3, -0.25) is 34.3 Å². The molecule has 4 aromatic carbocycles. The van der Waals surface area contributed by atoms with Crippen molar-refractivity contribution in [1.82, 2.24) is 15.1 Å². The van der Waals surface area contributed by atoms with E-state index in [9.17, 15) is 24.3 Å². The Bertz CT molecular complexity index is 2040. The molecule has 0 bridgehead atoms. The number of benzene rings is 4. The summed E-state index contributed by atoms with van der Waals surface area (Å²) < 4.78 is 6.20. The molecule has 0 aliphatic carbocycles. The van der Waals surface area contributed by atoms with Crippen LogP contribution in [0.4, 0.5) is 0 Å². The maximum absolute atomic E-state index is 13.2. The summed E-state index contributed by atoms with van der Waals surface area (Å²) in [4.78, 5) is 53.6. The molecule has 2 atom stereocenters. The maximum Gasteiger partial charge on any atom is 0.262 e. The third kappa shape index (κ3) is 8.16. The number of phenols is 1. The summed E-state index contributed by atoms with van der Waals surface area (Å²) in [7, 11) is 0. The van der Waals surface area contributed by atoms with E-state index < -0.39 is 23.8 Å². The van der Waals surface area contributed by atoms with Gasteiger partial charge in [0.2, 0.25) is 11.8 Å². The summed E-state index contributed by atoms with van der Waals surface area (Å²) in [6, 6.07) is 30.7. The Hall–Kier alpha value is -5.54. The fourth-order valence-electron chi connectivity index (χ4n) is 8.11. The average Bonchev–Trinajstić information content (AvgIpc) is 3.74. The number of nitrogens with one attached hydrogen (secondary N) is 1. The Kier molecular flexibility index (Phi) is 11.3. The van der Waals surface area contributed by atoms with E-state index in [-0.39, 0.29) is 24.5 Å². The Morgan fingerprint density at radius 2 is 1.54 bits per heavy atom. The lowest BCUT2D eigenvalue weighted by atomic mass is 9.88. The zero-order valence-electron chi connectivity index (χ0n) is 30.8. The van der Waals surface area contributed by atoms with Gasteiger partial charge in [0.1, 0.15) is 24.1 Å². The van der Waals surface area contributed by atoms with E-state index in [0.717, 1.165) is 84.7 Å². The van der Waals surface area contributed by atoms with Crippen molar-refractivity contribution in [2.24, 2.45) is 5.92 Å². The third-order valence-electron chi connectivity index (χ3n) is 11.0. The molecule has 0 aromatic heterocycles. The molecule has 54 heavy (non-hydrogen) atoms. The van der Waals surface area contributed by atoms with Crippen molar-refractivity contribution >= 4 is 34.8 Å². The number of unbranched alkanes of at least 4 members (excludes halogenated alkanes) is 1. The Morgan fingerprint density at radius 3 is 2.26 bits per heavy atom. The van der Waals surface area contributed by atoms with Crippen LogP contribution in [0.25, 0.3) is 11.1 Å². The zero-order chi connectivity index (χ0) is 37.6. The number of aromatic hydroxyl groups is 1. The summed E-state index contributed by atoms with van der Waals surface area (Å²) in [6.07, 6.45) is 6.33. The Morgan fingerprint density at radius 1 is 0.815 bits per heavy atom. The molecule has 2 saturated heterocycles. The molecule has 4 aromatic rings. The first-order valence-electron chi connectivity index (χ1n) is 19.2. The van der Waals surface area contributed by atoms with Crippen LogP contribution >= 0.6 is 0 Å². The summed E-state index contributed by atoms with van der Waals surface area (Å²) >= 11 is 0.